The molecule has 0 aliphatic heterocycles. The minimum absolute atomic E-state index is 0.0116. The van der Waals surface area contributed by atoms with Crippen LogP contribution in [0.25, 0.3) is 33.4 Å². The maximum Gasteiger partial charge on any atom is 0.162 e. The van der Waals surface area contributed by atoms with Crippen molar-refractivity contribution in [3.8, 4) is 22.5 Å². The summed E-state index contributed by atoms with van der Waals surface area (Å²) in [5.41, 5.74) is 5.34. The molecule has 0 radical (unpaired) electrons. The second-order valence-corrected chi connectivity index (χ2v) is 7.77. The van der Waals surface area contributed by atoms with Gasteiger partial charge in [-0.3, -0.25) is 9.78 Å². The Labute approximate surface area is 192 Å². The fourth-order valence-electron chi connectivity index (χ4n) is 3.85. The number of anilines is 1. The van der Waals surface area contributed by atoms with Crippen molar-refractivity contribution in [2.75, 3.05) is 5.32 Å². The molecule has 0 saturated heterocycles. The summed E-state index contributed by atoms with van der Waals surface area (Å²) >= 11 is 0. The summed E-state index contributed by atoms with van der Waals surface area (Å²) in [6, 6.07) is 29.6. The predicted molar refractivity (Wildman–Crippen MR) is 132 cm³/mol. The Kier molecular flexibility index (Phi) is 5.60. The van der Waals surface area contributed by atoms with E-state index in [0.717, 1.165) is 39.1 Å². The predicted octanol–water partition coefficient (Wildman–Crippen LogP) is 6.17. The van der Waals surface area contributed by atoms with Crippen LogP contribution in [0.1, 0.15) is 23.0 Å². The van der Waals surface area contributed by atoms with E-state index in [2.05, 4.69) is 28.5 Å². The fourth-order valence-corrected chi connectivity index (χ4v) is 3.85. The van der Waals surface area contributed by atoms with Gasteiger partial charge < -0.3 is 5.32 Å². The van der Waals surface area contributed by atoms with Crippen LogP contribution in [0.4, 0.5) is 5.82 Å². The number of Topliss-reactive ketones (excluding diaryl/α,β-unsaturated/α-hetero) is 1. The lowest BCUT2D eigenvalue weighted by molar-refractivity contribution is 0.101. The van der Waals surface area contributed by atoms with E-state index in [-0.39, 0.29) is 5.78 Å². The van der Waals surface area contributed by atoms with Crippen molar-refractivity contribution in [2.24, 2.45) is 0 Å². The average molecular weight is 431 g/mol. The zero-order chi connectivity index (χ0) is 22.6. The number of aromatic nitrogens is 3. The average Bonchev–Trinajstić information content (AvgIpc) is 2.88. The van der Waals surface area contributed by atoms with Crippen LogP contribution >= 0.6 is 0 Å². The third-order valence-electron chi connectivity index (χ3n) is 5.50. The van der Waals surface area contributed by atoms with E-state index in [4.69, 9.17) is 9.97 Å². The third-order valence-corrected chi connectivity index (χ3v) is 5.50. The molecule has 5 nitrogen and oxygen atoms in total. The Morgan fingerprint density at radius 3 is 2.39 bits per heavy atom. The number of carbonyl (C=O) groups excluding carboxylic acids is 1. The van der Waals surface area contributed by atoms with Crippen molar-refractivity contribution in [3.05, 3.63) is 108 Å². The number of fused-ring (bicyclic) bond motifs is 1. The number of carbonyl (C=O) groups is 1. The highest BCUT2D eigenvalue weighted by Crippen LogP contribution is 2.34. The Hall–Kier alpha value is -4.38. The second-order valence-electron chi connectivity index (χ2n) is 7.77. The quantitative estimate of drug-likeness (QED) is 0.326. The highest BCUT2D eigenvalue weighted by Gasteiger charge is 2.15. The molecule has 2 aromatic heterocycles. The molecule has 5 rings (SSSR count). The van der Waals surface area contributed by atoms with E-state index in [0.29, 0.717) is 17.9 Å². The molecule has 0 unspecified atom stereocenters. The summed E-state index contributed by atoms with van der Waals surface area (Å²) < 4.78 is 0. The van der Waals surface area contributed by atoms with Crippen LogP contribution in [-0.2, 0) is 6.54 Å². The molecule has 5 heteroatoms. The summed E-state index contributed by atoms with van der Waals surface area (Å²) in [5.74, 6) is 1.31. The van der Waals surface area contributed by atoms with Gasteiger partial charge in [0.15, 0.2) is 11.6 Å². The van der Waals surface area contributed by atoms with Crippen molar-refractivity contribution in [1.82, 2.24) is 15.0 Å². The minimum Gasteiger partial charge on any atom is -0.364 e. The number of hydrogen-bond donors (Lipinski definition) is 1. The van der Waals surface area contributed by atoms with Crippen LogP contribution in [-0.4, -0.2) is 20.7 Å². The summed E-state index contributed by atoms with van der Waals surface area (Å²) in [6.07, 6.45) is 1.78. The van der Waals surface area contributed by atoms with Gasteiger partial charge in [-0.2, -0.15) is 0 Å². The first-order valence-corrected chi connectivity index (χ1v) is 10.8. The number of hydrogen-bond acceptors (Lipinski definition) is 5. The zero-order valence-corrected chi connectivity index (χ0v) is 18.2. The van der Waals surface area contributed by atoms with E-state index in [1.807, 2.05) is 66.7 Å². The Morgan fingerprint density at radius 2 is 1.61 bits per heavy atom. The first-order chi connectivity index (χ1) is 16.2. The maximum atomic E-state index is 11.9. The SMILES string of the molecule is CC(=O)c1cccc(-c2nc(NCc3ccccn3)c3c(-c4ccccc4)cccc3n2)c1. The maximum absolute atomic E-state index is 11.9. The van der Waals surface area contributed by atoms with Gasteiger partial charge in [-0.05, 0) is 42.3 Å². The molecular formula is C28H22N4O. The normalized spacial score (nSPS) is 10.8. The standard InChI is InChI=1S/C28H22N4O/c1-19(33)21-11-7-12-22(17-21)27-31-25-15-8-14-24(20-9-3-2-4-10-20)26(25)28(32-27)30-18-23-13-5-6-16-29-23/h2-17H,18H2,1H3,(H,30,31,32). The fraction of sp³-hybridized carbons (Fsp3) is 0.0714. The molecule has 0 atom stereocenters. The second kappa shape index (κ2) is 9.01. The summed E-state index contributed by atoms with van der Waals surface area (Å²) in [5, 5.41) is 4.43. The molecule has 2 heterocycles. The van der Waals surface area contributed by atoms with Crippen molar-refractivity contribution >= 4 is 22.5 Å². The van der Waals surface area contributed by atoms with Gasteiger partial charge in [-0.15, -0.1) is 0 Å². The Morgan fingerprint density at radius 1 is 0.818 bits per heavy atom. The smallest absolute Gasteiger partial charge is 0.162 e. The van der Waals surface area contributed by atoms with Gasteiger partial charge >= 0.3 is 0 Å². The van der Waals surface area contributed by atoms with Crippen molar-refractivity contribution < 1.29 is 4.79 Å². The van der Waals surface area contributed by atoms with Gasteiger partial charge in [0.1, 0.15) is 5.82 Å². The van der Waals surface area contributed by atoms with Crippen LogP contribution in [0.15, 0.2) is 97.2 Å². The number of benzene rings is 3. The van der Waals surface area contributed by atoms with Crippen LogP contribution in [0.3, 0.4) is 0 Å². The van der Waals surface area contributed by atoms with Gasteiger partial charge in [0, 0.05) is 17.3 Å². The number of pyridine rings is 1. The number of rotatable bonds is 6. The zero-order valence-electron chi connectivity index (χ0n) is 18.2. The number of ketones is 1. The van der Waals surface area contributed by atoms with Crippen LogP contribution in [0, 0.1) is 0 Å². The van der Waals surface area contributed by atoms with Crippen molar-refractivity contribution in [2.45, 2.75) is 13.5 Å². The Bertz CT molecular complexity index is 1430. The lowest BCUT2D eigenvalue weighted by Crippen LogP contribution is -2.06. The molecule has 3 aromatic carbocycles. The minimum atomic E-state index is 0.0116. The van der Waals surface area contributed by atoms with Crippen LogP contribution in [0.5, 0.6) is 0 Å². The van der Waals surface area contributed by atoms with E-state index < -0.39 is 0 Å². The lowest BCUT2D eigenvalue weighted by atomic mass is 10.0. The van der Waals surface area contributed by atoms with Gasteiger partial charge in [0.2, 0.25) is 0 Å². The molecule has 0 amide bonds. The molecule has 0 fully saturated rings. The van der Waals surface area contributed by atoms with E-state index in [1.165, 1.54) is 0 Å². The van der Waals surface area contributed by atoms with Gasteiger partial charge in [-0.1, -0.05) is 66.7 Å². The van der Waals surface area contributed by atoms with Gasteiger partial charge in [0.25, 0.3) is 0 Å². The van der Waals surface area contributed by atoms with Crippen molar-refractivity contribution in [3.63, 3.8) is 0 Å². The molecule has 0 aliphatic carbocycles. The molecule has 0 saturated carbocycles. The molecule has 5 aromatic rings. The molecule has 160 valence electrons. The van der Waals surface area contributed by atoms with Crippen LogP contribution in [0.2, 0.25) is 0 Å². The molecule has 33 heavy (non-hydrogen) atoms. The number of nitrogens with one attached hydrogen (secondary N) is 1. The summed E-state index contributed by atoms with van der Waals surface area (Å²) in [4.78, 5) is 26.1. The number of nitrogens with zero attached hydrogens (tertiary/aromatic N) is 3. The largest absolute Gasteiger partial charge is 0.364 e. The molecule has 1 N–H and O–H groups in total. The van der Waals surface area contributed by atoms with Gasteiger partial charge in [-0.25, -0.2) is 9.97 Å². The van der Waals surface area contributed by atoms with E-state index in [9.17, 15) is 4.79 Å². The monoisotopic (exact) mass is 430 g/mol. The first-order valence-electron chi connectivity index (χ1n) is 10.8. The van der Waals surface area contributed by atoms with Gasteiger partial charge in [0.05, 0.1) is 23.1 Å². The molecule has 0 bridgehead atoms. The third kappa shape index (κ3) is 4.34. The van der Waals surface area contributed by atoms with Crippen LogP contribution < -0.4 is 5.32 Å². The first kappa shape index (κ1) is 20.5. The molecule has 0 spiro atoms. The molecular weight excluding hydrogens is 408 g/mol. The van der Waals surface area contributed by atoms with E-state index >= 15 is 0 Å². The topological polar surface area (TPSA) is 67.8 Å². The highest BCUT2D eigenvalue weighted by molar-refractivity contribution is 6.02. The van der Waals surface area contributed by atoms with Crippen molar-refractivity contribution in [1.29, 1.82) is 0 Å². The molecule has 0 aliphatic rings. The Balaban J connectivity index is 1.68. The van der Waals surface area contributed by atoms with E-state index in [1.54, 1.807) is 19.2 Å². The summed E-state index contributed by atoms with van der Waals surface area (Å²) in [7, 11) is 0. The summed E-state index contributed by atoms with van der Waals surface area (Å²) in [6.45, 7) is 2.09. The highest BCUT2D eigenvalue weighted by atomic mass is 16.1. The lowest BCUT2D eigenvalue weighted by Gasteiger charge is -2.14.